The first-order chi connectivity index (χ1) is 15.9. The Morgan fingerprint density at radius 1 is 1.09 bits per heavy atom. The maximum absolute atomic E-state index is 14.3. The maximum Gasteiger partial charge on any atom is 0.271 e. The first kappa shape index (κ1) is 20.7. The molecule has 0 radical (unpaired) electrons. The Labute approximate surface area is 186 Å². The van der Waals surface area contributed by atoms with Gasteiger partial charge in [-0.15, -0.1) is 0 Å². The molecule has 0 bridgehead atoms. The molecule has 33 heavy (non-hydrogen) atoms. The van der Waals surface area contributed by atoms with E-state index in [1.165, 1.54) is 41.7 Å². The quantitative estimate of drug-likeness (QED) is 0.639. The average molecular weight is 449 g/mol. The van der Waals surface area contributed by atoms with E-state index < -0.39 is 41.4 Å². The lowest BCUT2D eigenvalue weighted by atomic mass is 10.0. The highest BCUT2D eigenvalue weighted by Crippen LogP contribution is 2.33. The molecule has 0 aliphatic carbocycles. The van der Waals surface area contributed by atoms with Gasteiger partial charge in [-0.3, -0.25) is 19.4 Å². The predicted octanol–water partition coefficient (Wildman–Crippen LogP) is 2.39. The highest BCUT2D eigenvalue weighted by Gasteiger charge is 2.45. The third-order valence-corrected chi connectivity index (χ3v) is 5.79. The molecule has 0 spiro atoms. The summed E-state index contributed by atoms with van der Waals surface area (Å²) in [6.45, 7) is 0.247. The summed E-state index contributed by atoms with van der Waals surface area (Å²) in [6.07, 6.45) is 4.51. The van der Waals surface area contributed by atoms with Crippen molar-refractivity contribution in [1.29, 1.82) is 0 Å². The van der Waals surface area contributed by atoms with Crippen LogP contribution >= 0.6 is 0 Å². The van der Waals surface area contributed by atoms with Crippen molar-refractivity contribution in [1.82, 2.24) is 20.2 Å². The Morgan fingerprint density at radius 3 is 2.70 bits per heavy atom. The first-order valence-corrected chi connectivity index (χ1v) is 10.2. The number of anilines is 1. The molecule has 1 aromatic heterocycles. The smallest absolute Gasteiger partial charge is 0.271 e. The lowest BCUT2D eigenvalue weighted by Gasteiger charge is -2.24. The molecular formula is C23H17F2N5O3. The number of carbonyl (C=O) groups is 3. The minimum Gasteiger partial charge on any atom is -0.345 e. The second-order valence-electron chi connectivity index (χ2n) is 7.78. The Balaban J connectivity index is 1.44. The normalized spacial score (nSPS) is 19.4. The molecule has 0 unspecified atom stereocenters. The van der Waals surface area contributed by atoms with Gasteiger partial charge in [0.05, 0.1) is 23.5 Å². The predicted molar refractivity (Wildman–Crippen MR) is 113 cm³/mol. The van der Waals surface area contributed by atoms with Crippen LogP contribution in [-0.4, -0.2) is 51.2 Å². The van der Waals surface area contributed by atoms with Gasteiger partial charge < -0.3 is 15.5 Å². The van der Waals surface area contributed by atoms with Crippen LogP contribution < -0.4 is 10.6 Å². The molecular weight excluding hydrogens is 432 g/mol. The van der Waals surface area contributed by atoms with Gasteiger partial charge in [-0.1, -0.05) is 6.07 Å². The highest BCUT2D eigenvalue weighted by atomic mass is 19.1. The zero-order chi connectivity index (χ0) is 23.1. The van der Waals surface area contributed by atoms with Gasteiger partial charge in [-0.05, 0) is 36.2 Å². The van der Waals surface area contributed by atoms with Gasteiger partial charge in [0, 0.05) is 30.6 Å². The van der Waals surface area contributed by atoms with Crippen LogP contribution in [0.15, 0.2) is 55.0 Å². The zero-order valence-corrected chi connectivity index (χ0v) is 17.1. The van der Waals surface area contributed by atoms with E-state index in [0.29, 0.717) is 12.0 Å². The SMILES string of the molecule is O=C(N[C@H]1CCN2C(=O)c3cc(-c4ccc(F)cc4F)ccc3NC(=O)[C@H]12)c1cnccn1. The highest BCUT2D eigenvalue weighted by molar-refractivity contribution is 6.11. The number of amides is 3. The summed E-state index contributed by atoms with van der Waals surface area (Å²) < 4.78 is 27.6. The summed E-state index contributed by atoms with van der Waals surface area (Å²) in [5.74, 6) is -2.82. The van der Waals surface area contributed by atoms with Crippen molar-refractivity contribution < 1.29 is 23.2 Å². The number of rotatable bonds is 3. The topological polar surface area (TPSA) is 104 Å². The molecule has 2 N–H and O–H groups in total. The second-order valence-corrected chi connectivity index (χ2v) is 7.78. The molecule has 10 heteroatoms. The number of nitrogens with one attached hydrogen (secondary N) is 2. The summed E-state index contributed by atoms with van der Waals surface area (Å²) in [4.78, 5) is 48.0. The van der Waals surface area contributed by atoms with Gasteiger partial charge in [0.2, 0.25) is 5.91 Å². The van der Waals surface area contributed by atoms with E-state index in [-0.39, 0.29) is 29.1 Å². The van der Waals surface area contributed by atoms with Crippen molar-refractivity contribution in [2.75, 3.05) is 11.9 Å². The minimum absolute atomic E-state index is 0.102. The number of halogens is 2. The van der Waals surface area contributed by atoms with Crippen LogP contribution in [0, 0.1) is 11.6 Å². The monoisotopic (exact) mass is 449 g/mol. The summed E-state index contributed by atoms with van der Waals surface area (Å²) in [6, 6.07) is 6.19. The van der Waals surface area contributed by atoms with E-state index in [4.69, 9.17) is 0 Å². The molecule has 1 fully saturated rings. The minimum atomic E-state index is -0.920. The van der Waals surface area contributed by atoms with E-state index in [9.17, 15) is 23.2 Å². The van der Waals surface area contributed by atoms with Crippen molar-refractivity contribution in [2.45, 2.75) is 18.5 Å². The van der Waals surface area contributed by atoms with Gasteiger partial charge in [0.25, 0.3) is 11.8 Å². The summed E-state index contributed by atoms with van der Waals surface area (Å²) in [5.41, 5.74) is 1.08. The fraction of sp³-hybridized carbons (Fsp3) is 0.174. The number of carbonyl (C=O) groups excluding carboxylic acids is 3. The number of benzene rings is 2. The molecule has 8 nitrogen and oxygen atoms in total. The molecule has 3 aromatic rings. The summed E-state index contributed by atoms with van der Waals surface area (Å²) >= 11 is 0. The third kappa shape index (κ3) is 3.69. The third-order valence-electron chi connectivity index (χ3n) is 5.79. The van der Waals surface area contributed by atoms with Crippen molar-refractivity contribution in [2.24, 2.45) is 0 Å². The number of aromatic nitrogens is 2. The van der Waals surface area contributed by atoms with Crippen molar-refractivity contribution >= 4 is 23.4 Å². The van der Waals surface area contributed by atoms with E-state index >= 15 is 0 Å². The molecule has 0 saturated carbocycles. The average Bonchev–Trinajstić information content (AvgIpc) is 3.19. The standard InChI is InChI=1S/C23H17F2N5O3/c24-13-2-3-14(16(25)10-13)12-1-4-17-15(9-12)23(33)30-8-5-18(20(30)22(32)28-17)29-21(31)19-11-26-6-7-27-19/h1-4,6-7,9-11,18,20H,5,8H2,(H,28,32)(H,29,31)/t18-,20-/m0/s1. The van der Waals surface area contributed by atoms with Crippen LogP contribution in [0.2, 0.25) is 0 Å². The van der Waals surface area contributed by atoms with E-state index in [1.807, 2.05) is 0 Å². The lowest BCUT2D eigenvalue weighted by molar-refractivity contribution is -0.120. The Kier molecular flexibility index (Phi) is 5.04. The van der Waals surface area contributed by atoms with Crippen LogP contribution in [0.25, 0.3) is 11.1 Å². The largest absolute Gasteiger partial charge is 0.345 e. The number of hydrogen-bond acceptors (Lipinski definition) is 5. The van der Waals surface area contributed by atoms with Crippen LogP contribution in [0.5, 0.6) is 0 Å². The first-order valence-electron chi connectivity index (χ1n) is 10.2. The lowest BCUT2D eigenvalue weighted by Crippen LogP contribution is -2.51. The van der Waals surface area contributed by atoms with Gasteiger partial charge in [0.15, 0.2) is 0 Å². The number of nitrogens with zero attached hydrogens (tertiary/aromatic N) is 3. The summed E-state index contributed by atoms with van der Waals surface area (Å²) in [7, 11) is 0. The van der Waals surface area contributed by atoms with E-state index in [0.717, 1.165) is 12.1 Å². The molecule has 2 aliphatic heterocycles. The fourth-order valence-electron chi connectivity index (χ4n) is 4.24. The Morgan fingerprint density at radius 2 is 1.94 bits per heavy atom. The Bertz CT molecular complexity index is 1280. The zero-order valence-electron chi connectivity index (χ0n) is 17.1. The molecule has 3 heterocycles. The van der Waals surface area contributed by atoms with Crippen molar-refractivity contribution in [3.63, 3.8) is 0 Å². The molecule has 5 rings (SSSR count). The fourth-order valence-corrected chi connectivity index (χ4v) is 4.24. The van der Waals surface area contributed by atoms with E-state index in [1.54, 1.807) is 6.07 Å². The van der Waals surface area contributed by atoms with Gasteiger partial charge in [0.1, 0.15) is 23.4 Å². The maximum atomic E-state index is 14.3. The summed E-state index contributed by atoms with van der Waals surface area (Å²) in [5, 5.41) is 5.50. The van der Waals surface area contributed by atoms with Crippen molar-refractivity contribution in [3.05, 3.63) is 77.9 Å². The van der Waals surface area contributed by atoms with Gasteiger partial charge in [-0.25, -0.2) is 13.8 Å². The van der Waals surface area contributed by atoms with Crippen LogP contribution in [0.1, 0.15) is 27.3 Å². The number of fused-ring (bicyclic) bond motifs is 2. The van der Waals surface area contributed by atoms with Crippen LogP contribution in [-0.2, 0) is 4.79 Å². The molecule has 2 aromatic carbocycles. The number of hydrogen-bond donors (Lipinski definition) is 2. The molecule has 166 valence electrons. The molecule has 2 atom stereocenters. The van der Waals surface area contributed by atoms with Crippen LogP contribution in [0.4, 0.5) is 14.5 Å². The van der Waals surface area contributed by atoms with Gasteiger partial charge >= 0.3 is 0 Å². The molecule has 2 aliphatic rings. The molecule has 3 amide bonds. The molecule has 1 saturated heterocycles. The second kappa shape index (κ2) is 8.05. The van der Waals surface area contributed by atoms with Crippen LogP contribution in [0.3, 0.4) is 0 Å². The Hall–Kier alpha value is -4.21. The van der Waals surface area contributed by atoms with Crippen molar-refractivity contribution in [3.8, 4) is 11.1 Å². The van der Waals surface area contributed by atoms with Gasteiger partial charge in [-0.2, -0.15) is 0 Å². The van der Waals surface area contributed by atoms with E-state index in [2.05, 4.69) is 20.6 Å².